The highest BCUT2D eigenvalue weighted by Gasteiger charge is 2.44. The van der Waals surface area contributed by atoms with Crippen molar-refractivity contribution in [2.24, 2.45) is 11.3 Å². The van der Waals surface area contributed by atoms with Crippen LogP contribution in [0, 0.1) is 11.3 Å². The SMILES string of the molecule is CC(C)C(NCCCn1ccnc1)C1(CO)CCC1. The molecule has 0 aromatic carbocycles. The molecule has 0 bridgehead atoms. The second kappa shape index (κ2) is 6.53. The molecule has 2 N–H and O–H groups in total. The summed E-state index contributed by atoms with van der Waals surface area (Å²) in [4.78, 5) is 4.05. The molecule has 1 aromatic heterocycles. The maximum absolute atomic E-state index is 9.71. The maximum atomic E-state index is 9.71. The van der Waals surface area contributed by atoms with Crippen LogP contribution in [0.25, 0.3) is 0 Å². The third-order valence-corrected chi connectivity index (χ3v) is 4.51. The quantitative estimate of drug-likeness (QED) is 0.707. The van der Waals surface area contributed by atoms with Gasteiger partial charge in [-0.25, -0.2) is 4.98 Å². The molecule has 4 heteroatoms. The van der Waals surface area contributed by atoms with E-state index in [1.165, 1.54) is 19.3 Å². The van der Waals surface area contributed by atoms with Gasteiger partial charge in [-0.15, -0.1) is 0 Å². The van der Waals surface area contributed by atoms with Crippen molar-refractivity contribution in [2.75, 3.05) is 13.2 Å². The van der Waals surface area contributed by atoms with E-state index < -0.39 is 0 Å². The Balaban J connectivity index is 1.77. The number of aliphatic hydroxyl groups excluding tert-OH is 1. The lowest BCUT2D eigenvalue weighted by Crippen LogP contribution is -2.54. The number of aliphatic hydroxyl groups is 1. The van der Waals surface area contributed by atoms with Gasteiger partial charge in [0.2, 0.25) is 0 Å². The van der Waals surface area contributed by atoms with Crippen LogP contribution in [0.15, 0.2) is 18.7 Å². The third kappa shape index (κ3) is 3.37. The lowest BCUT2D eigenvalue weighted by molar-refractivity contribution is -0.00941. The summed E-state index contributed by atoms with van der Waals surface area (Å²) in [6.07, 6.45) is 10.4. The molecule has 1 fully saturated rings. The van der Waals surface area contributed by atoms with E-state index in [1.54, 1.807) is 0 Å². The van der Waals surface area contributed by atoms with Gasteiger partial charge in [-0.3, -0.25) is 0 Å². The summed E-state index contributed by atoms with van der Waals surface area (Å²) in [6.45, 7) is 6.84. The van der Waals surface area contributed by atoms with Crippen molar-refractivity contribution in [3.63, 3.8) is 0 Å². The zero-order chi connectivity index (χ0) is 13.7. The van der Waals surface area contributed by atoms with Crippen molar-refractivity contribution < 1.29 is 5.11 Å². The van der Waals surface area contributed by atoms with E-state index in [9.17, 15) is 5.11 Å². The lowest BCUT2D eigenvalue weighted by atomic mass is 9.62. The second-order valence-electron chi connectivity index (χ2n) is 6.20. The van der Waals surface area contributed by atoms with Gasteiger partial charge in [-0.2, -0.15) is 0 Å². The summed E-state index contributed by atoms with van der Waals surface area (Å²) in [5.41, 5.74) is 0.142. The van der Waals surface area contributed by atoms with Crippen molar-refractivity contribution in [3.05, 3.63) is 18.7 Å². The van der Waals surface area contributed by atoms with E-state index in [0.717, 1.165) is 19.5 Å². The van der Waals surface area contributed by atoms with E-state index in [2.05, 4.69) is 28.7 Å². The standard InChI is InChI=1S/C15H27N3O/c1-13(2)14(15(11-19)5-3-6-15)17-7-4-9-18-10-8-16-12-18/h8,10,12-14,17,19H,3-7,9,11H2,1-2H3. The first-order valence-electron chi connectivity index (χ1n) is 7.48. The predicted octanol–water partition coefficient (Wildman–Crippen LogP) is 2.05. The highest BCUT2D eigenvalue weighted by atomic mass is 16.3. The summed E-state index contributed by atoms with van der Waals surface area (Å²) < 4.78 is 2.11. The van der Waals surface area contributed by atoms with E-state index in [-0.39, 0.29) is 5.41 Å². The Kier molecular flexibility index (Phi) is 4.99. The number of nitrogens with zero attached hydrogens (tertiary/aromatic N) is 2. The highest BCUT2D eigenvalue weighted by molar-refractivity contribution is 4.98. The molecule has 1 aromatic rings. The smallest absolute Gasteiger partial charge is 0.0945 e. The number of hydrogen-bond donors (Lipinski definition) is 2. The number of aryl methyl sites for hydroxylation is 1. The van der Waals surface area contributed by atoms with Crippen LogP contribution in [0.1, 0.15) is 39.5 Å². The van der Waals surface area contributed by atoms with Crippen molar-refractivity contribution in [1.29, 1.82) is 0 Å². The second-order valence-corrected chi connectivity index (χ2v) is 6.20. The van der Waals surface area contributed by atoms with Crippen LogP contribution in [0.4, 0.5) is 0 Å². The number of imidazole rings is 1. The van der Waals surface area contributed by atoms with E-state index in [1.807, 2.05) is 18.7 Å². The predicted molar refractivity (Wildman–Crippen MR) is 76.8 cm³/mol. The molecule has 0 saturated heterocycles. The Labute approximate surface area is 116 Å². The minimum absolute atomic E-state index is 0.142. The maximum Gasteiger partial charge on any atom is 0.0945 e. The Bertz CT molecular complexity index is 352. The molecule has 1 aliphatic carbocycles. The van der Waals surface area contributed by atoms with Gasteiger partial charge in [-0.1, -0.05) is 20.3 Å². The topological polar surface area (TPSA) is 50.1 Å². The average Bonchev–Trinajstić information content (AvgIpc) is 2.83. The lowest BCUT2D eigenvalue weighted by Gasteiger charge is -2.48. The molecule has 0 aliphatic heterocycles. The van der Waals surface area contributed by atoms with Gasteiger partial charge in [0.05, 0.1) is 12.9 Å². The Morgan fingerprint density at radius 3 is 2.68 bits per heavy atom. The Hall–Kier alpha value is -0.870. The van der Waals surface area contributed by atoms with Crippen LogP contribution in [0.5, 0.6) is 0 Å². The number of nitrogens with one attached hydrogen (secondary N) is 1. The summed E-state index contributed by atoms with van der Waals surface area (Å²) in [6, 6.07) is 0.439. The molecule has 1 aliphatic rings. The number of rotatable bonds is 8. The summed E-state index contributed by atoms with van der Waals surface area (Å²) >= 11 is 0. The molecule has 1 saturated carbocycles. The van der Waals surface area contributed by atoms with E-state index >= 15 is 0 Å². The molecule has 1 heterocycles. The van der Waals surface area contributed by atoms with Crippen LogP contribution in [0.2, 0.25) is 0 Å². The van der Waals surface area contributed by atoms with Gasteiger partial charge in [-0.05, 0) is 31.7 Å². The Morgan fingerprint density at radius 2 is 2.21 bits per heavy atom. The van der Waals surface area contributed by atoms with Gasteiger partial charge in [0.25, 0.3) is 0 Å². The molecule has 4 nitrogen and oxygen atoms in total. The zero-order valence-corrected chi connectivity index (χ0v) is 12.2. The van der Waals surface area contributed by atoms with Crippen molar-refractivity contribution >= 4 is 0 Å². The summed E-state index contributed by atoms with van der Waals surface area (Å²) in [5, 5.41) is 13.4. The number of aromatic nitrogens is 2. The van der Waals surface area contributed by atoms with Gasteiger partial charge >= 0.3 is 0 Å². The Morgan fingerprint density at radius 1 is 1.42 bits per heavy atom. The molecular weight excluding hydrogens is 238 g/mol. The largest absolute Gasteiger partial charge is 0.396 e. The molecular formula is C15H27N3O. The number of hydrogen-bond acceptors (Lipinski definition) is 3. The average molecular weight is 265 g/mol. The van der Waals surface area contributed by atoms with Gasteiger partial charge in [0.1, 0.15) is 0 Å². The first kappa shape index (κ1) is 14.5. The first-order valence-corrected chi connectivity index (χ1v) is 7.48. The van der Waals surface area contributed by atoms with Gasteiger partial charge in [0, 0.05) is 30.4 Å². The van der Waals surface area contributed by atoms with Crippen molar-refractivity contribution in [3.8, 4) is 0 Å². The highest BCUT2D eigenvalue weighted by Crippen LogP contribution is 2.45. The molecule has 0 spiro atoms. The molecule has 2 rings (SSSR count). The van der Waals surface area contributed by atoms with Crippen molar-refractivity contribution in [1.82, 2.24) is 14.9 Å². The van der Waals surface area contributed by atoms with Gasteiger partial charge < -0.3 is 15.0 Å². The summed E-state index contributed by atoms with van der Waals surface area (Å²) in [7, 11) is 0. The molecule has 1 atom stereocenters. The van der Waals surface area contributed by atoms with Crippen LogP contribution >= 0.6 is 0 Å². The minimum atomic E-state index is 0.142. The molecule has 0 amide bonds. The third-order valence-electron chi connectivity index (χ3n) is 4.51. The van der Waals surface area contributed by atoms with Crippen LogP contribution in [-0.4, -0.2) is 33.9 Å². The van der Waals surface area contributed by atoms with Crippen LogP contribution < -0.4 is 5.32 Å². The van der Waals surface area contributed by atoms with Crippen molar-refractivity contribution in [2.45, 2.75) is 52.1 Å². The molecule has 1 unspecified atom stereocenters. The molecule has 19 heavy (non-hydrogen) atoms. The first-order chi connectivity index (χ1) is 9.18. The van der Waals surface area contributed by atoms with E-state index in [0.29, 0.717) is 18.6 Å². The van der Waals surface area contributed by atoms with E-state index in [4.69, 9.17) is 0 Å². The molecule has 0 radical (unpaired) electrons. The zero-order valence-electron chi connectivity index (χ0n) is 12.2. The summed E-state index contributed by atoms with van der Waals surface area (Å²) in [5.74, 6) is 0.570. The minimum Gasteiger partial charge on any atom is -0.396 e. The van der Waals surface area contributed by atoms with Crippen LogP contribution in [-0.2, 0) is 6.54 Å². The fourth-order valence-corrected chi connectivity index (χ4v) is 3.30. The van der Waals surface area contributed by atoms with Crippen LogP contribution in [0.3, 0.4) is 0 Å². The van der Waals surface area contributed by atoms with Gasteiger partial charge in [0.15, 0.2) is 0 Å². The molecule has 108 valence electrons. The fourth-order valence-electron chi connectivity index (χ4n) is 3.30. The monoisotopic (exact) mass is 265 g/mol. The normalized spacial score (nSPS) is 19.4. The fraction of sp³-hybridized carbons (Fsp3) is 0.800.